The second-order valence-electron chi connectivity index (χ2n) is 6.10. The summed E-state index contributed by atoms with van der Waals surface area (Å²) in [5.74, 6) is -0.00588. The average molecular weight is 389 g/mol. The molecule has 0 aliphatic heterocycles. The molecule has 0 aliphatic carbocycles. The van der Waals surface area contributed by atoms with E-state index in [4.69, 9.17) is 4.74 Å². The van der Waals surface area contributed by atoms with Gasteiger partial charge in [-0.3, -0.25) is 0 Å². The van der Waals surface area contributed by atoms with Crippen molar-refractivity contribution in [3.05, 3.63) is 65.2 Å². The number of carbonyl (C=O) groups is 1. The molecular formula is C20H23NO5S. The van der Waals surface area contributed by atoms with Crippen molar-refractivity contribution in [2.45, 2.75) is 24.7 Å². The quantitative estimate of drug-likeness (QED) is 0.574. The molecule has 0 amide bonds. The van der Waals surface area contributed by atoms with E-state index in [0.29, 0.717) is 11.4 Å². The topological polar surface area (TPSA) is 81.7 Å². The highest BCUT2D eigenvalue weighted by atomic mass is 32.2. The first kappa shape index (κ1) is 20.5. The molecule has 0 saturated heterocycles. The summed E-state index contributed by atoms with van der Waals surface area (Å²) in [5.41, 5.74) is 1.61. The monoisotopic (exact) mass is 389 g/mol. The Hall–Kier alpha value is -2.80. The molecular weight excluding hydrogens is 366 g/mol. The number of anilines is 1. The lowest BCUT2D eigenvalue weighted by Gasteiger charge is -2.11. The van der Waals surface area contributed by atoms with Crippen LogP contribution < -0.4 is 10.1 Å². The SMILES string of the molecule is COC(=O)/C(=C\Nc1ccc(OC)cc1)S(=O)(=O)c1ccc(C(C)C)cc1. The van der Waals surface area contributed by atoms with Crippen LogP contribution in [0, 0.1) is 0 Å². The Morgan fingerprint density at radius 2 is 1.59 bits per heavy atom. The van der Waals surface area contributed by atoms with Crippen LogP contribution in [0.15, 0.2) is 64.5 Å². The lowest BCUT2D eigenvalue weighted by atomic mass is 10.0. The van der Waals surface area contributed by atoms with E-state index in [1.807, 2.05) is 13.8 Å². The molecule has 0 aliphatic rings. The summed E-state index contributed by atoms with van der Waals surface area (Å²) in [6.45, 7) is 4.03. The maximum Gasteiger partial charge on any atom is 0.351 e. The third kappa shape index (κ3) is 4.89. The molecule has 0 heterocycles. The molecule has 27 heavy (non-hydrogen) atoms. The van der Waals surface area contributed by atoms with E-state index in [0.717, 1.165) is 18.9 Å². The van der Waals surface area contributed by atoms with Gasteiger partial charge in [-0.1, -0.05) is 26.0 Å². The first-order valence-electron chi connectivity index (χ1n) is 8.33. The molecule has 0 radical (unpaired) electrons. The minimum Gasteiger partial charge on any atom is -0.497 e. The number of nitrogens with one attached hydrogen (secondary N) is 1. The van der Waals surface area contributed by atoms with Crippen LogP contribution in [-0.4, -0.2) is 28.6 Å². The maximum absolute atomic E-state index is 12.9. The summed E-state index contributed by atoms with van der Waals surface area (Å²) >= 11 is 0. The Balaban J connectivity index is 2.36. The van der Waals surface area contributed by atoms with Gasteiger partial charge in [0.15, 0.2) is 4.91 Å². The van der Waals surface area contributed by atoms with Crippen molar-refractivity contribution in [1.82, 2.24) is 0 Å². The minimum absolute atomic E-state index is 0.0279. The number of hydrogen-bond acceptors (Lipinski definition) is 6. The van der Waals surface area contributed by atoms with E-state index >= 15 is 0 Å². The Morgan fingerprint density at radius 3 is 2.07 bits per heavy atom. The molecule has 0 aromatic heterocycles. The van der Waals surface area contributed by atoms with Crippen LogP contribution in [0.5, 0.6) is 5.75 Å². The summed E-state index contributed by atoms with van der Waals surface area (Å²) in [5, 5.41) is 2.82. The number of ether oxygens (including phenoxy) is 2. The highest BCUT2D eigenvalue weighted by Crippen LogP contribution is 2.24. The Morgan fingerprint density at radius 1 is 1.00 bits per heavy atom. The number of benzene rings is 2. The molecule has 0 spiro atoms. The lowest BCUT2D eigenvalue weighted by molar-refractivity contribution is -0.135. The predicted molar refractivity (Wildman–Crippen MR) is 104 cm³/mol. The normalized spacial score (nSPS) is 12.0. The number of sulfone groups is 1. The Kier molecular flexibility index (Phi) is 6.63. The van der Waals surface area contributed by atoms with Gasteiger partial charge in [-0.25, -0.2) is 13.2 Å². The second-order valence-corrected chi connectivity index (χ2v) is 8.02. The average Bonchev–Trinajstić information content (AvgIpc) is 2.68. The van der Waals surface area contributed by atoms with E-state index in [1.165, 1.54) is 12.1 Å². The second kappa shape index (κ2) is 8.73. The van der Waals surface area contributed by atoms with Gasteiger partial charge in [0, 0.05) is 11.9 Å². The first-order chi connectivity index (χ1) is 12.8. The maximum atomic E-state index is 12.9. The fourth-order valence-electron chi connectivity index (χ4n) is 2.34. The van der Waals surface area contributed by atoms with Gasteiger partial charge in [-0.2, -0.15) is 0 Å². The highest BCUT2D eigenvalue weighted by molar-refractivity contribution is 7.96. The van der Waals surface area contributed by atoms with Crippen molar-refractivity contribution in [2.24, 2.45) is 0 Å². The molecule has 2 rings (SSSR count). The van der Waals surface area contributed by atoms with Crippen molar-refractivity contribution >= 4 is 21.5 Å². The van der Waals surface area contributed by atoms with Crippen LogP contribution in [0.1, 0.15) is 25.3 Å². The van der Waals surface area contributed by atoms with Gasteiger partial charge < -0.3 is 14.8 Å². The van der Waals surface area contributed by atoms with Crippen LogP contribution >= 0.6 is 0 Å². The van der Waals surface area contributed by atoms with Gasteiger partial charge in [0.25, 0.3) is 0 Å². The molecule has 7 heteroatoms. The molecule has 0 saturated carbocycles. The molecule has 0 fully saturated rings. The summed E-state index contributed by atoms with van der Waals surface area (Å²) in [4.78, 5) is 11.7. The van der Waals surface area contributed by atoms with Crippen molar-refractivity contribution in [3.8, 4) is 5.75 Å². The van der Waals surface area contributed by atoms with Crippen molar-refractivity contribution in [1.29, 1.82) is 0 Å². The summed E-state index contributed by atoms with van der Waals surface area (Å²) in [7, 11) is -1.35. The molecule has 1 N–H and O–H groups in total. The lowest BCUT2D eigenvalue weighted by Crippen LogP contribution is -2.17. The standard InChI is InChI=1S/C20H23NO5S/c1-14(2)15-5-11-18(12-6-15)27(23,24)19(20(22)26-4)13-21-16-7-9-17(25-3)10-8-16/h5-14,21H,1-4H3/b19-13+. The largest absolute Gasteiger partial charge is 0.497 e. The number of esters is 1. The van der Waals surface area contributed by atoms with Crippen molar-refractivity contribution < 1.29 is 22.7 Å². The van der Waals surface area contributed by atoms with Crippen LogP contribution in [0.2, 0.25) is 0 Å². The molecule has 0 atom stereocenters. The minimum atomic E-state index is -4.04. The van der Waals surface area contributed by atoms with Crippen molar-refractivity contribution in [2.75, 3.05) is 19.5 Å². The van der Waals surface area contributed by atoms with Crippen molar-refractivity contribution in [3.63, 3.8) is 0 Å². The molecule has 2 aromatic carbocycles. The smallest absolute Gasteiger partial charge is 0.351 e. The number of rotatable bonds is 7. The summed E-state index contributed by atoms with van der Waals surface area (Å²) in [6.07, 6.45) is 1.14. The first-order valence-corrected chi connectivity index (χ1v) is 9.82. The van der Waals surface area contributed by atoms with E-state index in [1.54, 1.807) is 43.5 Å². The highest BCUT2D eigenvalue weighted by Gasteiger charge is 2.28. The van der Waals surface area contributed by atoms with Gasteiger partial charge in [-0.15, -0.1) is 0 Å². The predicted octanol–water partition coefficient (Wildman–Crippen LogP) is 3.72. The fourth-order valence-corrected chi connectivity index (χ4v) is 3.61. The zero-order valence-corrected chi connectivity index (χ0v) is 16.5. The third-order valence-corrected chi connectivity index (χ3v) is 5.75. The van der Waals surface area contributed by atoms with E-state index < -0.39 is 20.7 Å². The van der Waals surface area contributed by atoms with Gasteiger partial charge >= 0.3 is 5.97 Å². The van der Waals surface area contributed by atoms with Gasteiger partial charge in [0.1, 0.15) is 5.75 Å². The van der Waals surface area contributed by atoms with Gasteiger partial charge in [-0.05, 0) is 47.9 Å². The molecule has 6 nitrogen and oxygen atoms in total. The van der Waals surface area contributed by atoms with E-state index in [-0.39, 0.29) is 10.8 Å². The Labute approximate surface area is 159 Å². The molecule has 2 aromatic rings. The van der Waals surface area contributed by atoms with Crippen LogP contribution in [-0.2, 0) is 19.4 Å². The van der Waals surface area contributed by atoms with E-state index in [9.17, 15) is 13.2 Å². The number of methoxy groups -OCH3 is 2. The van der Waals surface area contributed by atoms with Crippen LogP contribution in [0.25, 0.3) is 0 Å². The molecule has 0 unspecified atom stereocenters. The van der Waals surface area contributed by atoms with Gasteiger partial charge in [0.05, 0.1) is 19.1 Å². The number of carbonyl (C=O) groups excluding carboxylic acids is 1. The fraction of sp³-hybridized carbons (Fsp3) is 0.250. The Bertz CT molecular complexity index is 914. The van der Waals surface area contributed by atoms with Gasteiger partial charge in [0.2, 0.25) is 9.84 Å². The van der Waals surface area contributed by atoms with Crippen LogP contribution in [0.3, 0.4) is 0 Å². The van der Waals surface area contributed by atoms with Crippen LogP contribution in [0.4, 0.5) is 5.69 Å². The summed E-state index contributed by atoms with van der Waals surface area (Å²) in [6, 6.07) is 13.3. The third-order valence-electron chi connectivity index (χ3n) is 3.99. The number of hydrogen-bond donors (Lipinski definition) is 1. The zero-order chi connectivity index (χ0) is 20.0. The zero-order valence-electron chi connectivity index (χ0n) is 15.7. The molecule has 144 valence electrons. The summed E-state index contributed by atoms with van der Waals surface area (Å²) < 4.78 is 35.5. The van der Waals surface area contributed by atoms with E-state index in [2.05, 4.69) is 10.1 Å². The molecule has 0 bridgehead atoms.